The molecule has 0 aromatic heterocycles. The molecule has 1 aromatic rings. The van der Waals surface area contributed by atoms with Crippen LogP contribution in [-0.2, 0) is 0 Å². The highest BCUT2D eigenvalue weighted by Gasteiger charge is 2.25. The van der Waals surface area contributed by atoms with E-state index in [2.05, 4.69) is 24.4 Å². The molecule has 0 aliphatic heterocycles. The van der Waals surface area contributed by atoms with Crippen molar-refractivity contribution in [1.29, 1.82) is 0 Å². The molecular formula is C14H20ClN. The van der Waals surface area contributed by atoms with Gasteiger partial charge in [-0.05, 0) is 43.0 Å². The first-order chi connectivity index (χ1) is 7.79. The van der Waals surface area contributed by atoms with Crippen LogP contribution in [0.4, 0.5) is 0 Å². The number of rotatable bonds is 6. The predicted molar refractivity (Wildman–Crippen MR) is 69.8 cm³/mol. The second-order valence-electron chi connectivity index (χ2n) is 4.74. The first-order valence-corrected chi connectivity index (χ1v) is 6.66. The fourth-order valence-electron chi connectivity index (χ4n) is 2.07. The van der Waals surface area contributed by atoms with Gasteiger partial charge in [-0.3, -0.25) is 0 Å². The molecule has 1 saturated carbocycles. The van der Waals surface area contributed by atoms with Gasteiger partial charge in [0, 0.05) is 11.1 Å². The summed E-state index contributed by atoms with van der Waals surface area (Å²) in [6.45, 7) is 3.29. The van der Waals surface area contributed by atoms with Crippen LogP contribution in [0.1, 0.15) is 44.2 Å². The van der Waals surface area contributed by atoms with Crippen molar-refractivity contribution in [2.24, 2.45) is 5.92 Å². The Labute approximate surface area is 103 Å². The number of hydrogen-bond donors (Lipinski definition) is 1. The highest BCUT2D eigenvalue weighted by molar-refractivity contribution is 6.30. The Morgan fingerprint density at radius 1 is 1.44 bits per heavy atom. The minimum Gasteiger partial charge on any atom is -0.310 e. The van der Waals surface area contributed by atoms with Crippen LogP contribution in [-0.4, -0.2) is 6.54 Å². The molecule has 1 aliphatic rings. The molecule has 0 radical (unpaired) electrons. The van der Waals surface area contributed by atoms with E-state index in [9.17, 15) is 0 Å². The van der Waals surface area contributed by atoms with Crippen LogP contribution in [0.2, 0.25) is 5.02 Å². The fraction of sp³-hybridized carbons (Fsp3) is 0.571. The highest BCUT2D eigenvalue weighted by atomic mass is 35.5. The van der Waals surface area contributed by atoms with Gasteiger partial charge in [0.15, 0.2) is 0 Å². The first kappa shape index (κ1) is 11.9. The maximum Gasteiger partial charge on any atom is 0.0409 e. The molecule has 1 nitrogen and oxygen atoms in total. The summed E-state index contributed by atoms with van der Waals surface area (Å²) < 4.78 is 0. The standard InChI is InChI=1S/C14H20ClN/c1-2-8-16-14(9-11-6-7-11)12-4-3-5-13(15)10-12/h3-5,10-11,14,16H,2,6-9H2,1H3. The van der Waals surface area contributed by atoms with Gasteiger partial charge in [-0.1, -0.05) is 43.5 Å². The molecule has 2 rings (SSSR count). The van der Waals surface area contributed by atoms with E-state index >= 15 is 0 Å². The molecule has 16 heavy (non-hydrogen) atoms. The molecule has 2 heteroatoms. The zero-order valence-electron chi connectivity index (χ0n) is 9.88. The third kappa shape index (κ3) is 3.50. The summed E-state index contributed by atoms with van der Waals surface area (Å²) in [6.07, 6.45) is 5.26. The molecule has 0 bridgehead atoms. The maximum absolute atomic E-state index is 6.05. The molecule has 0 spiro atoms. The Hall–Kier alpha value is -0.530. The molecule has 1 unspecified atom stereocenters. The van der Waals surface area contributed by atoms with Gasteiger partial charge < -0.3 is 5.32 Å². The van der Waals surface area contributed by atoms with E-state index in [1.807, 2.05) is 12.1 Å². The van der Waals surface area contributed by atoms with Gasteiger partial charge in [-0.15, -0.1) is 0 Å². The van der Waals surface area contributed by atoms with E-state index in [0.29, 0.717) is 6.04 Å². The quantitative estimate of drug-likeness (QED) is 0.783. The highest BCUT2D eigenvalue weighted by Crippen LogP contribution is 2.37. The molecule has 1 N–H and O–H groups in total. The lowest BCUT2D eigenvalue weighted by atomic mass is 10.0. The van der Waals surface area contributed by atoms with E-state index in [0.717, 1.165) is 17.5 Å². The minimum atomic E-state index is 0.492. The molecule has 0 saturated heterocycles. The monoisotopic (exact) mass is 237 g/mol. The molecule has 1 aliphatic carbocycles. The number of nitrogens with one attached hydrogen (secondary N) is 1. The predicted octanol–water partition coefficient (Wildman–Crippen LogP) is 4.18. The third-order valence-electron chi connectivity index (χ3n) is 3.16. The Balaban J connectivity index is 2.03. The van der Waals surface area contributed by atoms with E-state index in [1.54, 1.807) is 0 Å². The maximum atomic E-state index is 6.05. The van der Waals surface area contributed by atoms with Crippen LogP contribution in [0.3, 0.4) is 0 Å². The van der Waals surface area contributed by atoms with Crippen molar-refractivity contribution in [3.63, 3.8) is 0 Å². The van der Waals surface area contributed by atoms with Crippen molar-refractivity contribution in [2.45, 2.75) is 38.6 Å². The Morgan fingerprint density at radius 3 is 2.88 bits per heavy atom. The molecular weight excluding hydrogens is 218 g/mol. The summed E-state index contributed by atoms with van der Waals surface area (Å²) in [7, 11) is 0. The average molecular weight is 238 g/mol. The lowest BCUT2D eigenvalue weighted by Crippen LogP contribution is -2.22. The smallest absolute Gasteiger partial charge is 0.0409 e. The molecule has 88 valence electrons. The van der Waals surface area contributed by atoms with Crippen LogP contribution in [0.15, 0.2) is 24.3 Å². The normalized spacial score (nSPS) is 17.4. The topological polar surface area (TPSA) is 12.0 Å². The number of benzene rings is 1. The third-order valence-corrected chi connectivity index (χ3v) is 3.39. The number of hydrogen-bond acceptors (Lipinski definition) is 1. The van der Waals surface area contributed by atoms with Gasteiger partial charge in [-0.2, -0.15) is 0 Å². The zero-order valence-corrected chi connectivity index (χ0v) is 10.6. The van der Waals surface area contributed by atoms with Crippen molar-refractivity contribution in [2.75, 3.05) is 6.54 Å². The molecule has 0 amide bonds. The van der Waals surface area contributed by atoms with Crippen molar-refractivity contribution >= 4 is 11.6 Å². The Kier molecular flexibility index (Phi) is 4.25. The van der Waals surface area contributed by atoms with Crippen LogP contribution >= 0.6 is 11.6 Å². The van der Waals surface area contributed by atoms with Crippen LogP contribution in [0, 0.1) is 5.92 Å². The zero-order chi connectivity index (χ0) is 11.4. The van der Waals surface area contributed by atoms with Crippen molar-refractivity contribution in [1.82, 2.24) is 5.32 Å². The summed E-state index contributed by atoms with van der Waals surface area (Å²) in [5.74, 6) is 0.938. The van der Waals surface area contributed by atoms with E-state index < -0.39 is 0 Å². The summed E-state index contributed by atoms with van der Waals surface area (Å²) >= 11 is 6.05. The number of halogens is 1. The van der Waals surface area contributed by atoms with E-state index in [1.165, 1.54) is 31.2 Å². The van der Waals surface area contributed by atoms with Crippen LogP contribution in [0.25, 0.3) is 0 Å². The van der Waals surface area contributed by atoms with Crippen LogP contribution < -0.4 is 5.32 Å². The molecule has 0 heterocycles. The second kappa shape index (κ2) is 5.70. The van der Waals surface area contributed by atoms with Gasteiger partial charge in [0.2, 0.25) is 0 Å². The summed E-state index contributed by atoms with van der Waals surface area (Å²) in [5.41, 5.74) is 1.34. The first-order valence-electron chi connectivity index (χ1n) is 6.28. The van der Waals surface area contributed by atoms with Crippen LogP contribution in [0.5, 0.6) is 0 Å². The van der Waals surface area contributed by atoms with E-state index in [-0.39, 0.29) is 0 Å². The molecule has 1 atom stereocenters. The summed E-state index contributed by atoms with van der Waals surface area (Å²) in [4.78, 5) is 0. The Bertz CT molecular complexity index is 333. The lowest BCUT2D eigenvalue weighted by molar-refractivity contribution is 0.474. The average Bonchev–Trinajstić information content (AvgIpc) is 3.08. The molecule has 1 fully saturated rings. The fourth-order valence-corrected chi connectivity index (χ4v) is 2.26. The van der Waals surface area contributed by atoms with Gasteiger partial charge in [0.1, 0.15) is 0 Å². The van der Waals surface area contributed by atoms with Gasteiger partial charge in [0.05, 0.1) is 0 Å². The second-order valence-corrected chi connectivity index (χ2v) is 5.18. The summed E-state index contributed by atoms with van der Waals surface area (Å²) in [6, 6.07) is 8.76. The van der Waals surface area contributed by atoms with Crippen molar-refractivity contribution < 1.29 is 0 Å². The van der Waals surface area contributed by atoms with Gasteiger partial charge >= 0.3 is 0 Å². The SMILES string of the molecule is CCCNC(CC1CC1)c1cccc(Cl)c1. The Morgan fingerprint density at radius 2 is 2.25 bits per heavy atom. The lowest BCUT2D eigenvalue weighted by Gasteiger charge is -2.19. The van der Waals surface area contributed by atoms with E-state index in [4.69, 9.17) is 11.6 Å². The molecule has 1 aromatic carbocycles. The van der Waals surface area contributed by atoms with Gasteiger partial charge in [0.25, 0.3) is 0 Å². The van der Waals surface area contributed by atoms with Crippen molar-refractivity contribution in [3.8, 4) is 0 Å². The largest absolute Gasteiger partial charge is 0.310 e. The van der Waals surface area contributed by atoms with Gasteiger partial charge in [-0.25, -0.2) is 0 Å². The summed E-state index contributed by atoms with van der Waals surface area (Å²) in [5, 5.41) is 4.47. The van der Waals surface area contributed by atoms with Crippen molar-refractivity contribution in [3.05, 3.63) is 34.9 Å². The minimum absolute atomic E-state index is 0.492.